The minimum atomic E-state index is -3.52. The van der Waals surface area contributed by atoms with Gasteiger partial charge in [0.05, 0.1) is 4.90 Å². The molecule has 1 saturated heterocycles. The predicted molar refractivity (Wildman–Crippen MR) is 125 cm³/mol. The van der Waals surface area contributed by atoms with E-state index in [1.54, 1.807) is 28.6 Å². The quantitative estimate of drug-likeness (QED) is 0.572. The SMILES string of the molecule is Cc1cccc(Oc2ccc(S(=O)(=O)N3CCC(N4CCc5ccccc5C4)C3)cc2)c1. The molecule has 0 amide bonds. The van der Waals surface area contributed by atoms with E-state index in [1.807, 2.05) is 31.2 Å². The molecule has 0 aliphatic carbocycles. The summed E-state index contributed by atoms with van der Waals surface area (Å²) < 4.78 is 34.0. The Kier molecular flexibility index (Phi) is 5.76. The summed E-state index contributed by atoms with van der Waals surface area (Å²) in [6, 6.07) is 23.4. The first kappa shape index (κ1) is 21.2. The predicted octanol–water partition coefficient (Wildman–Crippen LogP) is 4.61. The van der Waals surface area contributed by atoms with Crippen molar-refractivity contribution in [2.24, 2.45) is 0 Å². The van der Waals surface area contributed by atoms with Gasteiger partial charge in [-0.3, -0.25) is 4.90 Å². The normalized spacial score (nSPS) is 19.6. The maximum absolute atomic E-state index is 13.2. The van der Waals surface area contributed by atoms with Crippen LogP contribution in [0.2, 0.25) is 0 Å². The van der Waals surface area contributed by atoms with Crippen LogP contribution >= 0.6 is 0 Å². The third kappa shape index (κ3) is 4.31. The van der Waals surface area contributed by atoms with Crippen LogP contribution in [0, 0.1) is 6.92 Å². The van der Waals surface area contributed by atoms with Gasteiger partial charge in [0.25, 0.3) is 0 Å². The number of hydrogen-bond acceptors (Lipinski definition) is 4. The molecule has 5 nitrogen and oxygen atoms in total. The zero-order valence-electron chi connectivity index (χ0n) is 18.3. The van der Waals surface area contributed by atoms with E-state index in [4.69, 9.17) is 4.74 Å². The smallest absolute Gasteiger partial charge is 0.243 e. The van der Waals surface area contributed by atoms with Crippen LogP contribution < -0.4 is 4.74 Å². The van der Waals surface area contributed by atoms with Crippen molar-refractivity contribution in [3.05, 3.63) is 89.5 Å². The Morgan fingerprint density at radius 3 is 2.44 bits per heavy atom. The van der Waals surface area contributed by atoms with Gasteiger partial charge >= 0.3 is 0 Å². The first-order chi connectivity index (χ1) is 15.5. The molecule has 1 fully saturated rings. The van der Waals surface area contributed by atoms with Crippen molar-refractivity contribution in [3.8, 4) is 11.5 Å². The third-order valence-corrected chi connectivity index (χ3v) is 8.37. The standard InChI is InChI=1S/C26H28N2O3S/c1-20-5-4-8-25(17-20)31-24-9-11-26(12-10-24)32(29,30)28-16-14-23(19-28)27-15-13-21-6-2-3-7-22(21)18-27/h2-12,17,23H,13-16,18-19H2,1H3. The topological polar surface area (TPSA) is 49.9 Å². The molecule has 2 aliphatic heterocycles. The molecule has 166 valence electrons. The fourth-order valence-corrected chi connectivity index (χ4v) is 6.19. The Morgan fingerprint density at radius 1 is 0.875 bits per heavy atom. The van der Waals surface area contributed by atoms with Gasteiger partial charge in [-0.25, -0.2) is 8.42 Å². The molecule has 0 bridgehead atoms. The molecule has 1 unspecified atom stereocenters. The number of nitrogens with zero attached hydrogens (tertiary/aromatic N) is 2. The van der Waals surface area contributed by atoms with E-state index in [0.29, 0.717) is 23.7 Å². The minimum Gasteiger partial charge on any atom is -0.457 e. The lowest BCUT2D eigenvalue weighted by molar-refractivity contribution is 0.185. The van der Waals surface area contributed by atoms with Crippen molar-refractivity contribution in [3.63, 3.8) is 0 Å². The van der Waals surface area contributed by atoms with Crippen molar-refractivity contribution in [2.75, 3.05) is 19.6 Å². The highest BCUT2D eigenvalue weighted by Gasteiger charge is 2.36. The fraction of sp³-hybridized carbons (Fsp3) is 0.308. The molecule has 0 radical (unpaired) electrons. The van der Waals surface area contributed by atoms with Crippen LogP contribution in [0.4, 0.5) is 0 Å². The molecule has 1 atom stereocenters. The maximum Gasteiger partial charge on any atom is 0.243 e. The number of rotatable bonds is 5. The lowest BCUT2D eigenvalue weighted by atomic mass is 9.98. The van der Waals surface area contributed by atoms with E-state index in [9.17, 15) is 8.42 Å². The molecule has 0 aromatic heterocycles. The van der Waals surface area contributed by atoms with Crippen LogP contribution in [-0.2, 0) is 23.0 Å². The molecular formula is C26H28N2O3S. The van der Waals surface area contributed by atoms with Gasteiger partial charge in [-0.15, -0.1) is 0 Å². The lowest BCUT2D eigenvalue weighted by Crippen LogP contribution is -2.41. The Labute approximate surface area is 190 Å². The summed E-state index contributed by atoms with van der Waals surface area (Å²) in [6.45, 7) is 5.01. The average Bonchev–Trinajstić information content (AvgIpc) is 3.31. The molecule has 2 heterocycles. The second-order valence-corrected chi connectivity index (χ2v) is 10.6. The summed E-state index contributed by atoms with van der Waals surface area (Å²) >= 11 is 0. The zero-order chi connectivity index (χ0) is 22.1. The van der Waals surface area contributed by atoms with Crippen molar-refractivity contribution in [2.45, 2.75) is 37.2 Å². The molecule has 3 aromatic carbocycles. The summed E-state index contributed by atoms with van der Waals surface area (Å²) in [5.74, 6) is 1.37. The Balaban J connectivity index is 1.25. The fourth-order valence-electron chi connectivity index (χ4n) is 4.70. The van der Waals surface area contributed by atoms with E-state index >= 15 is 0 Å². The van der Waals surface area contributed by atoms with Gasteiger partial charge in [0.2, 0.25) is 10.0 Å². The highest BCUT2D eigenvalue weighted by Crippen LogP contribution is 2.29. The number of hydrogen-bond donors (Lipinski definition) is 0. The van der Waals surface area contributed by atoms with Gasteiger partial charge in [-0.2, -0.15) is 4.31 Å². The van der Waals surface area contributed by atoms with Crippen LogP contribution in [0.5, 0.6) is 11.5 Å². The molecule has 6 heteroatoms. The number of fused-ring (bicyclic) bond motifs is 1. The molecule has 0 N–H and O–H groups in total. The van der Waals surface area contributed by atoms with Gasteiger partial charge in [0, 0.05) is 32.2 Å². The molecular weight excluding hydrogens is 420 g/mol. The van der Waals surface area contributed by atoms with Crippen LogP contribution in [0.1, 0.15) is 23.1 Å². The number of ether oxygens (including phenoxy) is 1. The number of benzene rings is 3. The molecule has 5 rings (SSSR count). The van der Waals surface area contributed by atoms with Crippen molar-refractivity contribution < 1.29 is 13.2 Å². The summed E-state index contributed by atoms with van der Waals surface area (Å²) in [5.41, 5.74) is 3.89. The van der Waals surface area contributed by atoms with E-state index in [2.05, 4.69) is 29.2 Å². The molecule has 0 spiro atoms. The molecule has 32 heavy (non-hydrogen) atoms. The molecule has 0 saturated carbocycles. The second kappa shape index (κ2) is 8.70. The highest BCUT2D eigenvalue weighted by atomic mass is 32.2. The van der Waals surface area contributed by atoms with Crippen molar-refractivity contribution >= 4 is 10.0 Å². The van der Waals surface area contributed by atoms with Crippen LogP contribution in [0.25, 0.3) is 0 Å². The van der Waals surface area contributed by atoms with Crippen LogP contribution in [-0.4, -0.2) is 43.3 Å². The van der Waals surface area contributed by atoms with E-state index in [1.165, 1.54) is 11.1 Å². The maximum atomic E-state index is 13.2. The van der Waals surface area contributed by atoms with Gasteiger partial charge in [0.1, 0.15) is 11.5 Å². The Morgan fingerprint density at radius 2 is 1.66 bits per heavy atom. The molecule has 2 aliphatic rings. The van der Waals surface area contributed by atoms with E-state index < -0.39 is 10.0 Å². The highest BCUT2D eigenvalue weighted by molar-refractivity contribution is 7.89. The molecule has 3 aromatic rings. The van der Waals surface area contributed by atoms with Crippen LogP contribution in [0.15, 0.2) is 77.7 Å². The average molecular weight is 449 g/mol. The Bertz CT molecular complexity index is 1210. The lowest BCUT2D eigenvalue weighted by Gasteiger charge is -2.33. The van der Waals surface area contributed by atoms with Crippen LogP contribution in [0.3, 0.4) is 0 Å². The first-order valence-corrected chi connectivity index (χ1v) is 12.6. The number of aryl methyl sites for hydroxylation is 1. The van der Waals surface area contributed by atoms with Gasteiger partial charge in [0.15, 0.2) is 0 Å². The summed E-state index contributed by atoms with van der Waals surface area (Å²) in [4.78, 5) is 2.76. The monoisotopic (exact) mass is 448 g/mol. The first-order valence-electron chi connectivity index (χ1n) is 11.1. The van der Waals surface area contributed by atoms with Crippen molar-refractivity contribution in [1.29, 1.82) is 0 Å². The number of sulfonamides is 1. The van der Waals surface area contributed by atoms with E-state index in [-0.39, 0.29) is 6.04 Å². The minimum absolute atomic E-state index is 0.266. The summed E-state index contributed by atoms with van der Waals surface area (Å²) in [7, 11) is -3.52. The summed E-state index contributed by atoms with van der Waals surface area (Å²) in [6.07, 6.45) is 1.90. The largest absolute Gasteiger partial charge is 0.457 e. The summed E-state index contributed by atoms with van der Waals surface area (Å²) in [5, 5.41) is 0. The van der Waals surface area contributed by atoms with E-state index in [0.717, 1.165) is 37.2 Å². The second-order valence-electron chi connectivity index (χ2n) is 8.68. The third-order valence-electron chi connectivity index (χ3n) is 6.49. The van der Waals surface area contributed by atoms with Gasteiger partial charge in [-0.1, -0.05) is 36.4 Å². The Hall–Kier alpha value is -2.67. The van der Waals surface area contributed by atoms with Gasteiger partial charge in [-0.05, 0) is 72.9 Å². The van der Waals surface area contributed by atoms with Gasteiger partial charge < -0.3 is 4.74 Å². The zero-order valence-corrected chi connectivity index (χ0v) is 19.1. The van der Waals surface area contributed by atoms with Crippen molar-refractivity contribution in [1.82, 2.24) is 9.21 Å².